The van der Waals surface area contributed by atoms with E-state index in [0.29, 0.717) is 71.9 Å². The number of pyridine rings is 1. The standard InChI is InChI=1S/C36H41FN6O3.C27H36N6O3/c1-21-7-9-23(10-8-21)5-4-6-26(37)14-32-25(17-39-42-32)13-30-29(24-11-12-24)16-31-33(34(30)44)40-36(46-20-22(2)45-3)41-35(31)43-19-27-15-28(43)18-38-27;1-4-20-16-28-13-11-23(20)21-7-9-22(10-8-21)25(17-34)31-27(36)24(6-5-12-29-18-35)26(19(2)3)33-15-14-30-32-33/h6-10,13-14,16-17,22,24,27-28,38,42,44H,4-5,11-12,15,18-20H2,1-3H3;7-11,13-16,18-19,24-26,34H,4-6,12,17H2,1-3H3,(H,29,35)(H,31,36)/b25-13+,26-6-,32-14+;/t22-,27?,28?;/m0./s1. The maximum Gasteiger partial charge on any atom is 0.319 e. The highest BCUT2D eigenvalue weighted by Crippen LogP contribution is 2.48. The number of carbonyl (C=O) groups excluding carboxylic acids is 2. The van der Waals surface area contributed by atoms with Crippen LogP contribution >= 0.6 is 0 Å². The summed E-state index contributed by atoms with van der Waals surface area (Å²) in [7, 11) is 1.64. The first-order valence-corrected chi connectivity index (χ1v) is 28.7. The molecule has 19 heteroatoms. The average molecular weight is 1120 g/mol. The molecule has 2 amide bonds. The summed E-state index contributed by atoms with van der Waals surface area (Å²) in [5.74, 6) is 0.367. The van der Waals surface area contributed by atoms with Crippen LogP contribution in [0.2, 0.25) is 0 Å². The molecule has 0 spiro atoms. The number of aliphatic hydroxyl groups is 1. The Kier molecular flexibility index (Phi) is 19.9. The predicted molar refractivity (Wildman–Crippen MR) is 315 cm³/mol. The van der Waals surface area contributed by atoms with E-state index in [1.807, 2.05) is 63.4 Å². The zero-order valence-electron chi connectivity index (χ0n) is 47.8. The number of methoxy groups -OCH3 is 1. The molecule has 0 radical (unpaired) electrons. The number of hydrogen-bond acceptors (Lipinski definition) is 14. The quantitative estimate of drug-likeness (QED) is 0.0242. The third kappa shape index (κ3) is 14.4. The van der Waals surface area contributed by atoms with Gasteiger partial charge in [-0.05, 0) is 141 Å². The molecule has 3 fully saturated rings. The van der Waals surface area contributed by atoms with Crippen LogP contribution < -0.4 is 36.2 Å². The number of piperazine rings is 1. The first-order chi connectivity index (χ1) is 39.8. The monoisotopic (exact) mass is 1120 g/mol. The number of hydrogen-bond donors (Lipinski definition) is 6. The maximum atomic E-state index is 15.1. The number of nitrogens with one attached hydrogen (secondary N) is 4. The molecule has 1 aliphatic carbocycles. The van der Waals surface area contributed by atoms with E-state index in [1.165, 1.54) is 17.2 Å². The van der Waals surface area contributed by atoms with Crippen molar-refractivity contribution in [3.05, 3.63) is 147 Å². The van der Waals surface area contributed by atoms with Gasteiger partial charge >= 0.3 is 6.01 Å². The van der Waals surface area contributed by atoms with E-state index >= 15 is 4.39 Å². The summed E-state index contributed by atoms with van der Waals surface area (Å²) < 4.78 is 28.1. The number of benzene rings is 3. The van der Waals surface area contributed by atoms with E-state index in [0.717, 1.165) is 84.2 Å². The molecular weight excluding hydrogens is 1040 g/mol. The Morgan fingerprint density at radius 1 is 1.04 bits per heavy atom. The van der Waals surface area contributed by atoms with Gasteiger partial charge in [-0.3, -0.25) is 19.7 Å². The van der Waals surface area contributed by atoms with Crippen LogP contribution in [0.1, 0.15) is 118 Å². The molecule has 3 aliphatic rings. The maximum absolute atomic E-state index is 15.1. The van der Waals surface area contributed by atoms with E-state index in [4.69, 9.17) is 19.4 Å². The minimum atomic E-state index is -0.547. The number of halogens is 1. The number of anilines is 1. The smallest absolute Gasteiger partial charge is 0.319 e. The summed E-state index contributed by atoms with van der Waals surface area (Å²) in [6.45, 7) is 12.4. The fraction of sp³-hybridized carbons (Fsp3) is 0.429. The lowest BCUT2D eigenvalue weighted by molar-refractivity contribution is -0.128. The van der Waals surface area contributed by atoms with Crippen LogP contribution in [-0.2, 0) is 27.2 Å². The summed E-state index contributed by atoms with van der Waals surface area (Å²) in [5.41, 5.74) is 8.70. The highest BCUT2D eigenvalue weighted by molar-refractivity contribution is 5.97. The number of aliphatic hydroxyl groups excluding tert-OH is 1. The topological polar surface area (TPSA) is 230 Å². The normalized spacial score (nSPS) is 17.9. The minimum absolute atomic E-state index is 0.0661. The molecule has 82 heavy (non-hydrogen) atoms. The van der Waals surface area contributed by atoms with Gasteiger partial charge in [-0.25, -0.2) is 9.07 Å². The summed E-state index contributed by atoms with van der Waals surface area (Å²) >= 11 is 0. The predicted octanol–water partition coefficient (Wildman–Crippen LogP) is 7.40. The molecular formula is C63H77FN12O6. The molecule has 2 aliphatic heterocycles. The van der Waals surface area contributed by atoms with Crippen molar-refractivity contribution in [1.29, 1.82) is 0 Å². The molecule has 10 rings (SSSR count). The minimum Gasteiger partial charge on any atom is -0.505 e. The van der Waals surface area contributed by atoms with Gasteiger partial charge < -0.3 is 40.5 Å². The second kappa shape index (κ2) is 27.7. The number of phenolic OH excluding ortho intramolecular Hbond substituents is 1. The van der Waals surface area contributed by atoms with Crippen LogP contribution in [0.15, 0.2) is 104 Å². The summed E-state index contributed by atoms with van der Waals surface area (Å²) in [6, 6.07) is 20.5. The Labute approximate surface area is 478 Å². The molecule has 2 bridgehead atoms. The molecule has 3 aromatic carbocycles. The Hall–Kier alpha value is -7.87. The molecule has 5 unspecified atom stereocenters. The average Bonchev–Trinajstić information content (AvgIpc) is 4.05. The largest absolute Gasteiger partial charge is 0.505 e. The van der Waals surface area contributed by atoms with Crippen molar-refractivity contribution in [2.75, 3.05) is 44.9 Å². The van der Waals surface area contributed by atoms with Gasteiger partial charge in [0.15, 0.2) is 0 Å². The van der Waals surface area contributed by atoms with Gasteiger partial charge in [-0.15, -0.1) is 5.10 Å². The van der Waals surface area contributed by atoms with E-state index in [-0.39, 0.29) is 54.8 Å². The van der Waals surface area contributed by atoms with E-state index in [1.54, 1.807) is 42.7 Å². The van der Waals surface area contributed by atoms with Crippen LogP contribution in [0.5, 0.6) is 11.8 Å². The lowest BCUT2D eigenvalue weighted by atomic mass is 9.86. The van der Waals surface area contributed by atoms with E-state index in [9.17, 15) is 19.8 Å². The lowest BCUT2D eigenvalue weighted by Crippen LogP contribution is -2.44. The van der Waals surface area contributed by atoms with E-state index < -0.39 is 12.0 Å². The number of phenols is 1. The van der Waals surface area contributed by atoms with Crippen molar-refractivity contribution in [2.45, 2.75) is 122 Å². The van der Waals surface area contributed by atoms with Crippen molar-refractivity contribution in [3.63, 3.8) is 0 Å². The van der Waals surface area contributed by atoms with Crippen molar-refractivity contribution in [1.82, 2.24) is 56.1 Å². The number of aromatic nitrogens is 8. The first-order valence-electron chi connectivity index (χ1n) is 28.7. The highest BCUT2D eigenvalue weighted by atomic mass is 19.1. The van der Waals surface area contributed by atoms with Crippen LogP contribution in [0, 0.1) is 18.8 Å². The molecule has 18 nitrogen and oxygen atoms in total. The number of fused-ring (bicyclic) bond motifs is 3. The fourth-order valence-electron chi connectivity index (χ4n) is 11.2. The lowest BCUT2D eigenvalue weighted by Gasteiger charge is -2.31. The molecule has 6 heterocycles. The van der Waals surface area contributed by atoms with Crippen LogP contribution in [-0.4, -0.2) is 121 Å². The van der Waals surface area contributed by atoms with Crippen molar-refractivity contribution >= 4 is 41.2 Å². The highest BCUT2D eigenvalue weighted by Gasteiger charge is 2.40. The zero-order chi connectivity index (χ0) is 57.7. The number of nitrogens with zero attached hydrogens (tertiary/aromatic N) is 8. The van der Waals surface area contributed by atoms with Gasteiger partial charge in [0, 0.05) is 73.6 Å². The molecule has 7 aromatic rings. The summed E-state index contributed by atoms with van der Waals surface area (Å²) in [5, 5.41) is 48.6. The molecule has 6 N–H and O–H groups in total. The fourth-order valence-corrected chi connectivity index (χ4v) is 11.2. The third-order valence-corrected chi connectivity index (χ3v) is 15.9. The number of aryl methyl sites for hydroxylation is 3. The molecule has 2 saturated heterocycles. The van der Waals surface area contributed by atoms with Gasteiger partial charge in [-0.1, -0.05) is 80.1 Å². The van der Waals surface area contributed by atoms with Gasteiger partial charge in [0.2, 0.25) is 12.3 Å². The van der Waals surface area contributed by atoms with Gasteiger partial charge in [0.1, 0.15) is 29.5 Å². The number of amides is 2. The number of carbonyl (C=O) groups is 2. The Morgan fingerprint density at radius 3 is 2.51 bits per heavy atom. The Bertz CT molecular complexity index is 3400. The number of aromatic amines is 1. The van der Waals surface area contributed by atoms with E-state index in [2.05, 4.69) is 90.5 Å². The first kappa shape index (κ1) is 58.8. The van der Waals surface area contributed by atoms with Gasteiger partial charge in [-0.2, -0.15) is 15.1 Å². The van der Waals surface area contributed by atoms with Gasteiger partial charge in [0.25, 0.3) is 0 Å². The summed E-state index contributed by atoms with van der Waals surface area (Å²) in [4.78, 5) is 40.4. The van der Waals surface area contributed by atoms with Crippen molar-refractivity contribution in [3.8, 4) is 22.9 Å². The number of rotatable bonds is 25. The van der Waals surface area contributed by atoms with Crippen molar-refractivity contribution in [2.24, 2.45) is 11.8 Å². The van der Waals surface area contributed by atoms with Crippen LogP contribution in [0.4, 0.5) is 10.2 Å². The second-order valence-electron chi connectivity index (χ2n) is 22.1. The van der Waals surface area contributed by atoms with Crippen molar-refractivity contribution < 1.29 is 33.7 Å². The Morgan fingerprint density at radius 2 is 1.84 bits per heavy atom. The van der Waals surface area contributed by atoms with Crippen LogP contribution in [0.25, 0.3) is 34.2 Å². The van der Waals surface area contributed by atoms with Crippen LogP contribution in [0.3, 0.4) is 0 Å². The number of ether oxygens (including phenoxy) is 2. The number of H-pyrrole nitrogens is 1. The molecule has 6 atom stereocenters. The second-order valence-corrected chi connectivity index (χ2v) is 22.1. The third-order valence-electron chi connectivity index (χ3n) is 15.9. The zero-order valence-corrected chi connectivity index (χ0v) is 47.8. The molecule has 1 saturated carbocycles. The molecule has 4 aromatic heterocycles. The molecule has 432 valence electrons. The number of aromatic hydroxyl groups is 1. The Balaban J connectivity index is 0.000000204. The van der Waals surface area contributed by atoms with Gasteiger partial charge in [0.05, 0.1) is 48.5 Å². The summed E-state index contributed by atoms with van der Waals surface area (Å²) in [6.07, 6.45) is 20.7. The SMILES string of the molecule is CCc1cnccc1-c1ccc(C(CO)NC(=O)C(CCCNC=O)C(C(C)C)n2ccnn2)cc1.CO[C@@H](C)COc1nc(N2CC3CC2CN3)c2cc(C3CC3)c(\C=c3/cn[nH]/c3=C/C(F)=C/CCc3ccc(C)cc3)c(O)c2n1. The number of allylic oxidation sites excluding steroid dienone is 2.